The average molecular weight is 249 g/mol. The summed E-state index contributed by atoms with van der Waals surface area (Å²) in [7, 11) is 0. The molecule has 0 unspecified atom stereocenters. The zero-order chi connectivity index (χ0) is 12.6. The van der Waals surface area contributed by atoms with E-state index < -0.39 is 0 Å². The molecular formula is C15H23NO2. The number of nitrogens with zero attached hydrogens (tertiary/aromatic N) is 1. The van der Waals surface area contributed by atoms with Crippen LogP contribution in [-0.2, 0) is 0 Å². The molecule has 18 heavy (non-hydrogen) atoms. The first-order valence-corrected chi connectivity index (χ1v) is 7.04. The first-order chi connectivity index (χ1) is 8.88. The number of hydroxylamine groups is 2. The van der Waals surface area contributed by atoms with Crippen molar-refractivity contribution in [2.24, 2.45) is 0 Å². The number of piperidine rings is 1. The van der Waals surface area contributed by atoms with Crippen molar-refractivity contribution in [2.45, 2.75) is 39.0 Å². The van der Waals surface area contributed by atoms with Gasteiger partial charge in [0.2, 0.25) is 0 Å². The lowest BCUT2D eigenvalue weighted by Crippen LogP contribution is -2.32. The molecule has 0 spiro atoms. The number of rotatable bonds is 6. The number of hydrogen-bond donors (Lipinski definition) is 0. The molecule has 1 aromatic carbocycles. The molecule has 0 aliphatic carbocycles. The van der Waals surface area contributed by atoms with Gasteiger partial charge in [-0.2, -0.15) is 0 Å². The molecule has 1 aliphatic heterocycles. The molecule has 0 atom stereocenters. The predicted octanol–water partition coefficient (Wildman–Crippen LogP) is 3.65. The van der Waals surface area contributed by atoms with Crippen LogP contribution < -0.4 is 9.57 Å². The van der Waals surface area contributed by atoms with Crippen molar-refractivity contribution in [1.82, 2.24) is 5.06 Å². The summed E-state index contributed by atoms with van der Waals surface area (Å²) in [5.41, 5.74) is 0. The molecule has 1 saturated heterocycles. The van der Waals surface area contributed by atoms with E-state index in [1.54, 1.807) is 0 Å². The minimum Gasteiger partial charge on any atom is -0.494 e. The number of ether oxygens (including phenoxy) is 1. The van der Waals surface area contributed by atoms with Crippen molar-refractivity contribution in [3.05, 3.63) is 24.3 Å². The molecule has 1 aliphatic rings. The molecule has 0 amide bonds. The van der Waals surface area contributed by atoms with Gasteiger partial charge in [0.15, 0.2) is 0 Å². The SMILES string of the molecule is CCCCOc1ccc(ON2CCCCC2)cc1. The lowest BCUT2D eigenvalue weighted by molar-refractivity contribution is -0.0720. The van der Waals surface area contributed by atoms with Crippen molar-refractivity contribution >= 4 is 0 Å². The Hall–Kier alpha value is -1.22. The van der Waals surface area contributed by atoms with Gasteiger partial charge in [0.05, 0.1) is 6.61 Å². The van der Waals surface area contributed by atoms with Crippen LogP contribution in [0.3, 0.4) is 0 Å². The van der Waals surface area contributed by atoms with Gasteiger partial charge in [0.1, 0.15) is 11.5 Å². The molecule has 0 aromatic heterocycles. The van der Waals surface area contributed by atoms with Gasteiger partial charge in [-0.05, 0) is 43.5 Å². The Kier molecular flexibility index (Phi) is 5.34. The summed E-state index contributed by atoms with van der Waals surface area (Å²) >= 11 is 0. The Morgan fingerprint density at radius 1 is 1.00 bits per heavy atom. The van der Waals surface area contributed by atoms with E-state index in [0.29, 0.717) is 0 Å². The summed E-state index contributed by atoms with van der Waals surface area (Å²) in [4.78, 5) is 5.81. The van der Waals surface area contributed by atoms with Crippen LogP contribution in [0.2, 0.25) is 0 Å². The highest BCUT2D eigenvalue weighted by Gasteiger charge is 2.11. The topological polar surface area (TPSA) is 21.7 Å². The third kappa shape index (κ3) is 4.22. The summed E-state index contributed by atoms with van der Waals surface area (Å²) in [6, 6.07) is 7.93. The Bertz CT molecular complexity index is 331. The molecule has 2 rings (SSSR count). The van der Waals surface area contributed by atoms with E-state index in [9.17, 15) is 0 Å². The number of hydrogen-bond acceptors (Lipinski definition) is 3. The van der Waals surface area contributed by atoms with Crippen LogP contribution >= 0.6 is 0 Å². The zero-order valence-corrected chi connectivity index (χ0v) is 11.2. The summed E-state index contributed by atoms with van der Waals surface area (Å²) in [5.74, 6) is 1.83. The Balaban J connectivity index is 1.79. The van der Waals surface area contributed by atoms with E-state index in [1.165, 1.54) is 19.3 Å². The quantitative estimate of drug-likeness (QED) is 0.718. The Morgan fingerprint density at radius 2 is 1.67 bits per heavy atom. The molecule has 1 aromatic rings. The second kappa shape index (κ2) is 7.27. The third-order valence-corrected chi connectivity index (χ3v) is 3.14. The van der Waals surface area contributed by atoms with Gasteiger partial charge in [0.25, 0.3) is 0 Å². The monoisotopic (exact) mass is 249 g/mol. The fraction of sp³-hybridized carbons (Fsp3) is 0.600. The van der Waals surface area contributed by atoms with Crippen LogP contribution in [-0.4, -0.2) is 24.8 Å². The van der Waals surface area contributed by atoms with Gasteiger partial charge >= 0.3 is 0 Å². The van der Waals surface area contributed by atoms with Crippen LogP contribution in [0.4, 0.5) is 0 Å². The fourth-order valence-corrected chi connectivity index (χ4v) is 2.04. The van der Waals surface area contributed by atoms with Gasteiger partial charge in [-0.1, -0.05) is 19.8 Å². The fourth-order valence-electron chi connectivity index (χ4n) is 2.04. The molecular weight excluding hydrogens is 226 g/mol. The molecule has 1 heterocycles. The molecule has 100 valence electrons. The highest BCUT2D eigenvalue weighted by molar-refractivity contribution is 5.31. The average Bonchev–Trinajstić information content (AvgIpc) is 2.42. The second-order valence-electron chi connectivity index (χ2n) is 4.75. The standard InChI is InChI=1S/C15H23NO2/c1-2-3-13-17-14-7-9-15(10-8-14)18-16-11-5-4-6-12-16/h7-10H,2-6,11-13H2,1H3. The minimum absolute atomic E-state index is 0.794. The van der Waals surface area contributed by atoms with Crippen LogP contribution in [0.25, 0.3) is 0 Å². The first kappa shape index (κ1) is 13.2. The summed E-state index contributed by atoms with van der Waals surface area (Å²) in [6.07, 6.45) is 6.06. The lowest BCUT2D eigenvalue weighted by Gasteiger charge is -2.26. The summed E-state index contributed by atoms with van der Waals surface area (Å²) in [6.45, 7) is 5.03. The Morgan fingerprint density at radius 3 is 2.33 bits per heavy atom. The van der Waals surface area contributed by atoms with Crippen molar-refractivity contribution in [3.8, 4) is 11.5 Å². The van der Waals surface area contributed by atoms with Crippen molar-refractivity contribution in [2.75, 3.05) is 19.7 Å². The number of unbranched alkanes of at least 4 members (excludes halogenated alkanes) is 1. The smallest absolute Gasteiger partial charge is 0.147 e. The predicted molar refractivity (Wildman–Crippen MR) is 72.9 cm³/mol. The normalized spacial score (nSPS) is 16.5. The Labute approximate surface area is 110 Å². The molecule has 0 bridgehead atoms. The summed E-state index contributed by atoms with van der Waals surface area (Å²) < 4.78 is 5.62. The molecule has 0 radical (unpaired) electrons. The largest absolute Gasteiger partial charge is 0.494 e. The highest BCUT2D eigenvalue weighted by Crippen LogP contribution is 2.20. The molecule has 0 N–H and O–H groups in total. The van der Waals surface area contributed by atoms with Crippen LogP contribution in [0.1, 0.15) is 39.0 Å². The van der Waals surface area contributed by atoms with Crippen LogP contribution in [0, 0.1) is 0 Å². The van der Waals surface area contributed by atoms with Gasteiger partial charge < -0.3 is 9.57 Å². The van der Waals surface area contributed by atoms with E-state index in [2.05, 4.69) is 12.0 Å². The third-order valence-electron chi connectivity index (χ3n) is 3.14. The van der Waals surface area contributed by atoms with Crippen LogP contribution in [0.5, 0.6) is 11.5 Å². The van der Waals surface area contributed by atoms with E-state index in [0.717, 1.165) is 44.0 Å². The van der Waals surface area contributed by atoms with Gasteiger partial charge in [0, 0.05) is 13.1 Å². The second-order valence-corrected chi connectivity index (χ2v) is 4.75. The molecule has 3 heteroatoms. The van der Waals surface area contributed by atoms with Gasteiger partial charge in [-0.25, -0.2) is 0 Å². The molecule has 3 nitrogen and oxygen atoms in total. The van der Waals surface area contributed by atoms with E-state index in [-0.39, 0.29) is 0 Å². The molecule has 0 saturated carbocycles. The first-order valence-electron chi connectivity index (χ1n) is 7.04. The van der Waals surface area contributed by atoms with Gasteiger partial charge in [-0.3, -0.25) is 0 Å². The highest BCUT2D eigenvalue weighted by atomic mass is 16.7. The van der Waals surface area contributed by atoms with Crippen molar-refractivity contribution in [3.63, 3.8) is 0 Å². The maximum absolute atomic E-state index is 5.81. The minimum atomic E-state index is 0.794. The van der Waals surface area contributed by atoms with E-state index in [4.69, 9.17) is 9.57 Å². The number of benzene rings is 1. The zero-order valence-electron chi connectivity index (χ0n) is 11.2. The summed E-state index contributed by atoms with van der Waals surface area (Å²) in [5, 5.41) is 2.05. The van der Waals surface area contributed by atoms with Crippen molar-refractivity contribution in [1.29, 1.82) is 0 Å². The maximum atomic E-state index is 5.81. The maximum Gasteiger partial charge on any atom is 0.147 e. The van der Waals surface area contributed by atoms with E-state index in [1.807, 2.05) is 24.3 Å². The molecule has 1 fully saturated rings. The lowest BCUT2D eigenvalue weighted by atomic mass is 10.2. The van der Waals surface area contributed by atoms with Gasteiger partial charge in [-0.15, -0.1) is 5.06 Å². The van der Waals surface area contributed by atoms with Crippen LogP contribution in [0.15, 0.2) is 24.3 Å². The van der Waals surface area contributed by atoms with Crippen molar-refractivity contribution < 1.29 is 9.57 Å². The van der Waals surface area contributed by atoms with E-state index >= 15 is 0 Å².